The zero-order chi connectivity index (χ0) is 10.3. The van der Waals surface area contributed by atoms with E-state index in [1.165, 1.54) is 37.9 Å². The van der Waals surface area contributed by atoms with Crippen LogP contribution < -0.4 is 5.32 Å². The molecular weight excluding hydrogens is 182 g/mol. The van der Waals surface area contributed by atoms with Gasteiger partial charge < -0.3 is 5.32 Å². The Bertz CT molecular complexity index is 359. The van der Waals surface area contributed by atoms with E-state index in [9.17, 15) is 0 Å². The molecule has 2 aliphatic rings. The molecule has 1 unspecified atom stereocenters. The fourth-order valence-electron chi connectivity index (χ4n) is 3.15. The fraction of sp³-hybridized carbons (Fsp3) is 0.571. The minimum Gasteiger partial charge on any atom is -0.316 e. The third-order valence-corrected chi connectivity index (χ3v) is 4.22. The molecular formula is C14H19N. The summed E-state index contributed by atoms with van der Waals surface area (Å²) in [6.07, 6.45) is 4.18. The largest absolute Gasteiger partial charge is 0.316 e. The Hall–Kier alpha value is -0.820. The van der Waals surface area contributed by atoms with Crippen LogP contribution in [0.1, 0.15) is 30.4 Å². The quantitative estimate of drug-likeness (QED) is 0.775. The normalized spacial score (nSPS) is 27.9. The maximum atomic E-state index is 3.50. The van der Waals surface area contributed by atoms with Gasteiger partial charge in [-0.15, -0.1) is 0 Å². The molecule has 15 heavy (non-hydrogen) atoms. The molecule has 80 valence electrons. The van der Waals surface area contributed by atoms with Crippen molar-refractivity contribution in [1.82, 2.24) is 5.32 Å². The van der Waals surface area contributed by atoms with Crippen molar-refractivity contribution in [2.75, 3.05) is 13.1 Å². The number of hydrogen-bond donors (Lipinski definition) is 1. The predicted octanol–water partition coefficient (Wildman–Crippen LogP) is 2.64. The third-order valence-electron chi connectivity index (χ3n) is 4.22. The number of hydrogen-bond acceptors (Lipinski definition) is 1. The molecule has 1 aromatic rings. The van der Waals surface area contributed by atoms with Gasteiger partial charge in [-0.3, -0.25) is 0 Å². The van der Waals surface area contributed by atoms with E-state index in [1.807, 2.05) is 0 Å². The molecule has 1 heterocycles. The van der Waals surface area contributed by atoms with Gasteiger partial charge in [0.25, 0.3) is 0 Å². The zero-order valence-electron chi connectivity index (χ0n) is 9.42. The van der Waals surface area contributed by atoms with E-state index < -0.39 is 0 Å². The SMILES string of the molecule is Cc1cccc(C2(C3CCNC3)CC2)c1. The summed E-state index contributed by atoms with van der Waals surface area (Å²) < 4.78 is 0. The first-order valence-electron chi connectivity index (χ1n) is 6.09. The molecule has 3 rings (SSSR count). The molecule has 1 N–H and O–H groups in total. The summed E-state index contributed by atoms with van der Waals surface area (Å²) >= 11 is 0. The number of nitrogens with one attached hydrogen (secondary N) is 1. The highest BCUT2D eigenvalue weighted by Crippen LogP contribution is 2.55. The summed E-state index contributed by atoms with van der Waals surface area (Å²) in [6, 6.07) is 9.14. The first kappa shape index (κ1) is 9.41. The summed E-state index contributed by atoms with van der Waals surface area (Å²) in [5.41, 5.74) is 3.55. The summed E-state index contributed by atoms with van der Waals surface area (Å²) in [5, 5.41) is 3.50. The Morgan fingerprint density at radius 2 is 2.20 bits per heavy atom. The number of aryl methyl sites for hydroxylation is 1. The van der Waals surface area contributed by atoms with Crippen molar-refractivity contribution < 1.29 is 0 Å². The highest BCUT2D eigenvalue weighted by molar-refractivity contribution is 5.35. The lowest BCUT2D eigenvalue weighted by atomic mass is 9.81. The molecule has 0 radical (unpaired) electrons. The van der Waals surface area contributed by atoms with Crippen molar-refractivity contribution in [3.05, 3.63) is 35.4 Å². The molecule has 1 nitrogen and oxygen atoms in total. The van der Waals surface area contributed by atoms with Gasteiger partial charge in [-0.1, -0.05) is 29.8 Å². The highest BCUT2D eigenvalue weighted by atomic mass is 14.9. The second-order valence-electron chi connectivity index (χ2n) is 5.22. The minimum atomic E-state index is 0.551. The van der Waals surface area contributed by atoms with Gasteiger partial charge in [0.05, 0.1) is 0 Å². The van der Waals surface area contributed by atoms with Crippen molar-refractivity contribution in [3.63, 3.8) is 0 Å². The van der Waals surface area contributed by atoms with E-state index in [2.05, 4.69) is 36.5 Å². The van der Waals surface area contributed by atoms with Crippen molar-refractivity contribution in [1.29, 1.82) is 0 Å². The maximum absolute atomic E-state index is 3.50. The van der Waals surface area contributed by atoms with E-state index in [1.54, 1.807) is 5.56 Å². The van der Waals surface area contributed by atoms with Crippen molar-refractivity contribution in [3.8, 4) is 0 Å². The molecule has 1 aliphatic carbocycles. The molecule has 1 saturated heterocycles. The van der Waals surface area contributed by atoms with Gasteiger partial charge in [0.2, 0.25) is 0 Å². The van der Waals surface area contributed by atoms with Crippen molar-refractivity contribution >= 4 is 0 Å². The van der Waals surface area contributed by atoms with Gasteiger partial charge in [-0.25, -0.2) is 0 Å². The average molecular weight is 201 g/mol. The van der Waals surface area contributed by atoms with Crippen molar-refractivity contribution in [2.24, 2.45) is 5.92 Å². The standard InChI is InChI=1S/C14H19N/c1-11-3-2-4-12(9-11)14(6-7-14)13-5-8-15-10-13/h2-4,9,13,15H,5-8,10H2,1H3. The van der Waals surface area contributed by atoms with E-state index in [0.717, 1.165) is 5.92 Å². The second kappa shape index (κ2) is 3.34. The van der Waals surface area contributed by atoms with Crippen LogP contribution in [0.5, 0.6) is 0 Å². The summed E-state index contributed by atoms with van der Waals surface area (Å²) in [6.45, 7) is 4.65. The highest BCUT2D eigenvalue weighted by Gasteiger charge is 2.50. The molecule has 0 aromatic heterocycles. The Morgan fingerprint density at radius 1 is 1.33 bits per heavy atom. The van der Waals surface area contributed by atoms with E-state index in [4.69, 9.17) is 0 Å². The van der Waals surface area contributed by atoms with Gasteiger partial charge in [-0.2, -0.15) is 0 Å². The topological polar surface area (TPSA) is 12.0 Å². The predicted molar refractivity (Wildman–Crippen MR) is 63.1 cm³/mol. The molecule has 1 atom stereocenters. The minimum absolute atomic E-state index is 0.551. The van der Waals surface area contributed by atoms with Crippen LogP contribution >= 0.6 is 0 Å². The Balaban J connectivity index is 1.92. The first-order valence-corrected chi connectivity index (χ1v) is 6.09. The first-order chi connectivity index (χ1) is 7.31. The van der Waals surface area contributed by atoms with Crippen LogP contribution in [0.2, 0.25) is 0 Å². The van der Waals surface area contributed by atoms with Crippen LogP contribution in [-0.4, -0.2) is 13.1 Å². The molecule has 1 saturated carbocycles. The lowest BCUT2D eigenvalue weighted by molar-refractivity contribution is 0.439. The Morgan fingerprint density at radius 3 is 2.80 bits per heavy atom. The van der Waals surface area contributed by atoms with E-state index in [0.29, 0.717) is 5.41 Å². The maximum Gasteiger partial charge on any atom is -0.000546 e. The van der Waals surface area contributed by atoms with Gasteiger partial charge in [0, 0.05) is 0 Å². The van der Waals surface area contributed by atoms with Crippen LogP contribution in [0.3, 0.4) is 0 Å². The monoisotopic (exact) mass is 201 g/mol. The summed E-state index contributed by atoms with van der Waals surface area (Å²) in [4.78, 5) is 0. The average Bonchev–Trinajstić information content (AvgIpc) is 2.87. The summed E-state index contributed by atoms with van der Waals surface area (Å²) in [7, 11) is 0. The van der Waals surface area contributed by atoms with Gasteiger partial charge in [0.1, 0.15) is 0 Å². The molecule has 1 aliphatic heterocycles. The molecule has 1 heteroatoms. The third kappa shape index (κ3) is 1.50. The van der Waals surface area contributed by atoms with E-state index >= 15 is 0 Å². The fourth-order valence-corrected chi connectivity index (χ4v) is 3.15. The number of rotatable bonds is 2. The zero-order valence-corrected chi connectivity index (χ0v) is 9.42. The molecule has 0 spiro atoms. The van der Waals surface area contributed by atoms with Crippen LogP contribution in [0.25, 0.3) is 0 Å². The molecule has 2 fully saturated rings. The Labute approximate surface area is 91.9 Å². The van der Waals surface area contributed by atoms with Gasteiger partial charge >= 0.3 is 0 Å². The lowest BCUT2D eigenvalue weighted by Crippen LogP contribution is -2.22. The Kier molecular flexibility index (Phi) is 2.10. The van der Waals surface area contributed by atoms with Gasteiger partial charge in [-0.05, 0) is 56.2 Å². The van der Waals surface area contributed by atoms with Crippen LogP contribution in [-0.2, 0) is 5.41 Å². The molecule has 1 aromatic carbocycles. The number of benzene rings is 1. The molecule has 0 amide bonds. The van der Waals surface area contributed by atoms with Crippen LogP contribution in [0, 0.1) is 12.8 Å². The van der Waals surface area contributed by atoms with Crippen molar-refractivity contribution in [2.45, 2.75) is 31.6 Å². The molecule has 0 bridgehead atoms. The van der Waals surface area contributed by atoms with Crippen LogP contribution in [0.15, 0.2) is 24.3 Å². The summed E-state index contributed by atoms with van der Waals surface area (Å²) in [5.74, 6) is 0.888. The smallest absolute Gasteiger partial charge is 0.000546 e. The lowest BCUT2D eigenvalue weighted by Gasteiger charge is -2.23. The van der Waals surface area contributed by atoms with Gasteiger partial charge in [0.15, 0.2) is 0 Å². The second-order valence-corrected chi connectivity index (χ2v) is 5.22. The van der Waals surface area contributed by atoms with E-state index in [-0.39, 0.29) is 0 Å². The van der Waals surface area contributed by atoms with Crippen LogP contribution in [0.4, 0.5) is 0 Å².